The molecule has 25 heavy (non-hydrogen) atoms. The second-order valence-corrected chi connectivity index (χ2v) is 6.13. The highest BCUT2D eigenvalue weighted by Gasteiger charge is 2.31. The Morgan fingerprint density at radius 1 is 1.24 bits per heavy atom. The van der Waals surface area contributed by atoms with Gasteiger partial charge in [-0.2, -0.15) is 13.2 Å². The zero-order chi connectivity index (χ0) is 18.4. The van der Waals surface area contributed by atoms with Gasteiger partial charge in [0.25, 0.3) is 0 Å². The Labute approximate surface area is 144 Å². The molecule has 1 aliphatic heterocycles. The number of hydrogen-bond donors (Lipinski definition) is 2. The molecule has 0 radical (unpaired) electrons. The van der Waals surface area contributed by atoms with E-state index in [-0.39, 0.29) is 24.2 Å². The normalized spacial score (nSPS) is 18.1. The molecular formula is C17H22F3N3O2. The number of alkyl halides is 3. The van der Waals surface area contributed by atoms with Crippen LogP contribution in [0.3, 0.4) is 0 Å². The third-order valence-corrected chi connectivity index (χ3v) is 4.23. The van der Waals surface area contributed by atoms with E-state index < -0.39 is 11.7 Å². The molecule has 1 aromatic carbocycles. The first-order valence-corrected chi connectivity index (χ1v) is 8.23. The summed E-state index contributed by atoms with van der Waals surface area (Å²) in [6.07, 6.45) is -2.94. The quantitative estimate of drug-likeness (QED) is 0.840. The van der Waals surface area contributed by atoms with Gasteiger partial charge in [-0.05, 0) is 30.5 Å². The third-order valence-electron chi connectivity index (χ3n) is 4.23. The van der Waals surface area contributed by atoms with Gasteiger partial charge in [0.05, 0.1) is 17.9 Å². The molecule has 2 rings (SSSR count). The number of hydrogen-bond acceptors (Lipinski definition) is 3. The molecule has 1 saturated heterocycles. The number of halogens is 3. The minimum atomic E-state index is -4.39. The molecule has 138 valence electrons. The molecule has 8 heteroatoms. The van der Waals surface area contributed by atoms with Crippen LogP contribution in [0, 0.1) is 5.92 Å². The molecule has 1 heterocycles. The summed E-state index contributed by atoms with van der Waals surface area (Å²) in [5, 5.41) is 2.72. The van der Waals surface area contributed by atoms with Crippen molar-refractivity contribution in [2.45, 2.75) is 25.4 Å². The summed E-state index contributed by atoms with van der Waals surface area (Å²) in [6.45, 7) is 1.64. The second kappa shape index (κ2) is 8.33. The van der Waals surface area contributed by atoms with Crippen molar-refractivity contribution in [3.8, 4) is 0 Å². The van der Waals surface area contributed by atoms with Gasteiger partial charge in [-0.1, -0.05) is 12.1 Å². The number of rotatable bonds is 5. The van der Waals surface area contributed by atoms with Crippen molar-refractivity contribution < 1.29 is 22.8 Å². The van der Waals surface area contributed by atoms with E-state index >= 15 is 0 Å². The van der Waals surface area contributed by atoms with Gasteiger partial charge in [0, 0.05) is 26.2 Å². The van der Waals surface area contributed by atoms with Crippen molar-refractivity contribution in [2.75, 3.05) is 26.2 Å². The summed E-state index contributed by atoms with van der Waals surface area (Å²) >= 11 is 0. The van der Waals surface area contributed by atoms with E-state index in [9.17, 15) is 22.8 Å². The average molecular weight is 357 g/mol. The first-order valence-electron chi connectivity index (χ1n) is 8.23. The van der Waals surface area contributed by atoms with Crippen LogP contribution in [0.1, 0.15) is 24.0 Å². The minimum absolute atomic E-state index is 0.0231. The molecule has 1 fully saturated rings. The molecule has 0 aliphatic carbocycles. The van der Waals surface area contributed by atoms with Gasteiger partial charge in [-0.25, -0.2) is 0 Å². The Hall–Kier alpha value is -2.09. The van der Waals surface area contributed by atoms with Crippen molar-refractivity contribution in [1.82, 2.24) is 10.2 Å². The van der Waals surface area contributed by atoms with Crippen molar-refractivity contribution in [1.29, 1.82) is 0 Å². The highest BCUT2D eigenvalue weighted by molar-refractivity contribution is 5.82. The predicted octanol–water partition coefficient (Wildman–Crippen LogP) is 1.56. The number of likely N-dealkylation sites (tertiary alicyclic amines) is 1. The van der Waals surface area contributed by atoms with Crippen LogP contribution >= 0.6 is 0 Å². The van der Waals surface area contributed by atoms with Gasteiger partial charge in [-0.3, -0.25) is 9.59 Å². The van der Waals surface area contributed by atoms with Crippen molar-refractivity contribution in [3.63, 3.8) is 0 Å². The number of carbonyl (C=O) groups excluding carboxylic acids is 2. The van der Waals surface area contributed by atoms with Gasteiger partial charge < -0.3 is 16.0 Å². The molecule has 1 unspecified atom stereocenters. The number of benzene rings is 1. The van der Waals surface area contributed by atoms with Gasteiger partial charge in [0.2, 0.25) is 11.8 Å². The van der Waals surface area contributed by atoms with Gasteiger partial charge >= 0.3 is 6.18 Å². The Morgan fingerprint density at radius 2 is 1.92 bits per heavy atom. The molecule has 5 nitrogen and oxygen atoms in total. The number of nitrogens with two attached hydrogens (primary N) is 1. The maximum atomic E-state index is 12.6. The molecule has 1 aromatic rings. The number of nitrogens with zero attached hydrogens (tertiary/aromatic N) is 1. The van der Waals surface area contributed by atoms with Gasteiger partial charge in [0.15, 0.2) is 0 Å². The number of nitrogens with one attached hydrogen (secondary N) is 1. The number of carbonyl (C=O) groups is 2. The maximum absolute atomic E-state index is 12.6. The summed E-state index contributed by atoms with van der Waals surface area (Å²) in [4.78, 5) is 26.0. The summed E-state index contributed by atoms with van der Waals surface area (Å²) < 4.78 is 37.7. The van der Waals surface area contributed by atoms with E-state index in [4.69, 9.17) is 5.73 Å². The van der Waals surface area contributed by atoms with Crippen LogP contribution in [0.2, 0.25) is 0 Å². The van der Waals surface area contributed by atoms with E-state index in [0.29, 0.717) is 38.2 Å². The topological polar surface area (TPSA) is 75.4 Å². The zero-order valence-electron chi connectivity index (χ0n) is 13.8. The lowest BCUT2D eigenvalue weighted by Crippen LogP contribution is -2.46. The highest BCUT2D eigenvalue weighted by atomic mass is 19.4. The summed E-state index contributed by atoms with van der Waals surface area (Å²) in [7, 11) is 0. The maximum Gasteiger partial charge on any atom is 0.416 e. The Kier molecular flexibility index (Phi) is 6.41. The summed E-state index contributed by atoms with van der Waals surface area (Å²) in [6, 6.07) is 4.58. The number of amides is 2. The monoisotopic (exact) mass is 357 g/mol. The summed E-state index contributed by atoms with van der Waals surface area (Å²) in [5.74, 6) is -0.564. The van der Waals surface area contributed by atoms with Gasteiger partial charge in [0.1, 0.15) is 0 Å². The fraction of sp³-hybridized carbons (Fsp3) is 0.529. The first kappa shape index (κ1) is 19.2. The molecule has 3 N–H and O–H groups in total. The van der Waals surface area contributed by atoms with Gasteiger partial charge in [-0.15, -0.1) is 0 Å². The van der Waals surface area contributed by atoms with Crippen LogP contribution in [-0.2, 0) is 22.2 Å². The summed E-state index contributed by atoms with van der Waals surface area (Å²) in [5.41, 5.74) is 5.14. The molecule has 0 saturated carbocycles. The molecular weight excluding hydrogens is 335 g/mol. The Morgan fingerprint density at radius 3 is 2.52 bits per heavy atom. The second-order valence-electron chi connectivity index (χ2n) is 6.13. The Balaban J connectivity index is 1.92. The third kappa shape index (κ3) is 5.45. The van der Waals surface area contributed by atoms with E-state index in [1.807, 2.05) is 0 Å². The molecule has 0 bridgehead atoms. The predicted molar refractivity (Wildman–Crippen MR) is 86.5 cm³/mol. The lowest BCUT2D eigenvalue weighted by molar-refractivity contribution is -0.137. The zero-order valence-corrected chi connectivity index (χ0v) is 13.8. The van der Waals surface area contributed by atoms with E-state index in [2.05, 4.69) is 5.32 Å². The number of piperidine rings is 1. The standard InChI is InChI=1S/C17H22F3N3O2/c18-17(19,20)14-5-3-12(4-6-14)10-15(24)23-9-1-2-13(11-23)16(25)22-8-7-21/h3-6,13H,1-2,7-11,21H2,(H,22,25). The minimum Gasteiger partial charge on any atom is -0.355 e. The van der Waals surface area contributed by atoms with Crippen molar-refractivity contribution in [3.05, 3.63) is 35.4 Å². The molecule has 0 aromatic heterocycles. The van der Waals surface area contributed by atoms with Crippen LogP contribution < -0.4 is 11.1 Å². The van der Waals surface area contributed by atoms with Crippen molar-refractivity contribution >= 4 is 11.8 Å². The highest BCUT2D eigenvalue weighted by Crippen LogP contribution is 2.29. The van der Waals surface area contributed by atoms with Crippen LogP contribution in [-0.4, -0.2) is 42.9 Å². The average Bonchev–Trinajstić information content (AvgIpc) is 2.59. The van der Waals surface area contributed by atoms with E-state index in [1.54, 1.807) is 4.90 Å². The van der Waals surface area contributed by atoms with Crippen LogP contribution in [0.5, 0.6) is 0 Å². The SMILES string of the molecule is NCCNC(=O)C1CCCN(C(=O)Cc2ccc(C(F)(F)F)cc2)C1. The fourth-order valence-corrected chi connectivity index (χ4v) is 2.86. The smallest absolute Gasteiger partial charge is 0.355 e. The first-order chi connectivity index (χ1) is 11.8. The van der Waals surface area contributed by atoms with E-state index in [1.165, 1.54) is 12.1 Å². The molecule has 2 amide bonds. The Bertz CT molecular complexity index is 602. The fourth-order valence-electron chi connectivity index (χ4n) is 2.86. The molecule has 0 spiro atoms. The van der Waals surface area contributed by atoms with Crippen LogP contribution in [0.15, 0.2) is 24.3 Å². The lowest BCUT2D eigenvalue weighted by atomic mass is 9.96. The molecule has 1 atom stereocenters. The van der Waals surface area contributed by atoms with Crippen molar-refractivity contribution in [2.24, 2.45) is 11.7 Å². The van der Waals surface area contributed by atoms with Crippen LogP contribution in [0.4, 0.5) is 13.2 Å². The lowest BCUT2D eigenvalue weighted by Gasteiger charge is -2.32. The van der Waals surface area contributed by atoms with E-state index in [0.717, 1.165) is 18.6 Å². The largest absolute Gasteiger partial charge is 0.416 e. The molecule has 1 aliphatic rings. The van der Waals surface area contributed by atoms with Crippen LogP contribution in [0.25, 0.3) is 0 Å².